The van der Waals surface area contributed by atoms with Gasteiger partial charge in [-0.2, -0.15) is 4.98 Å². The molecule has 0 aliphatic carbocycles. The molecule has 3 heterocycles. The van der Waals surface area contributed by atoms with E-state index in [4.69, 9.17) is 4.52 Å². The van der Waals surface area contributed by atoms with Gasteiger partial charge in [-0.15, -0.1) is 0 Å². The minimum Gasteiger partial charge on any atom is -0.339 e. The average Bonchev–Trinajstić information content (AvgIpc) is 3.24. The molecule has 0 atom stereocenters. The van der Waals surface area contributed by atoms with Gasteiger partial charge in [-0.3, -0.25) is 14.7 Å². The zero-order chi connectivity index (χ0) is 20.1. The zero-order valence-electron chi connectivity index (χ0n) is 16.5. The van der Waals surface area contributed by atoms with Crippen LogP contribution >= 0.6 is 0 Å². The van der Waals surface area contributed by atoms with Crippen molar-refractivity contribution in [3.63, 3.8) is 0 Å². The van der Waals surface area contributed by atoms with Crippen LogP contribution in [0.4, 0.5) is 0 Å². The van der Waals surface area contributed by atoms with E-state index in [1.54, 1.807) is 12.4 Å². The third-order valence-corrected chi connectivity index (χ3v) is 5.08. The summed E-state index contributed by atoms with van der Waals surface area (Å²) in [6.07, 6.45) is 6.32. The third-order valence-electron chi connectivity index (χ3n) is 5.08. The van der Waals surface area contributed by atoms with Gasteiger partial charge in [-0.25, -0.2) is 4.98 Å². The summed E-state index contributed by atoms with van der Waals surface area (Å²) in [5, 5.41) is 4.08. The van der Waals surface area contributed by atoms with Crippen molar-refractivity contribution >= 4 is 5.91 Å². The number of carbonyl (C=O) groups is 1. The summed E-state index contributed by atoms with van der Waals surface area (Å²) >= 11 is 0. The van der Waals surface area contributed by atoms with Gasteiger partial charge in [0.1, 0.15) is 5.69 Å². The Bertz CT molecular complexity index is 933. The summed E-state index contributed by atoms with van der Waals surface area (Å²) in [6, 6.07) is 8.10. The number of benzene rings is 1. The second kappa shape index (κ2) is 8.91. The zero-order valence-corrected chi connectivity index (χ0v) is 16.5. The maximum atomic E-state index is 12.4. The number of nitrogens with zero attached hydrogens (tertiary/aromatic N) is 6. The molecule has 29 heavy (non-hydrogen) atoms. The van der Waals surface area contributed by atoms with Crippen LogP contribution in [0, 0.1) is 6.92 Å². The maximum Gasteiger partial charge on any atom is 0.274 e. The molecule has 0 spiro atoms. The highest BCUT2D eigenvalue weighted by Gasteiger charge is 2.22. The Kier molecular flexibility index (Phi) is 5.90. The van der Waals surface area contributed by atoms with Crippen LogP contribution in [0.25, 0.3) is 11.4 Å². The van der Waals surface area contributed by atoms with E-state index in [9.17, 15) is 4.79 Å². The fourth-order valence-electron chi connectivity index (χ4n) is 3.38. The largest absolute Gasteiger partial charge is 0.339 e. The van der Waals surface area contributed by atoms with Gasteiger partial charge in [0.2, 0.25) is 11.7 Å². The number of amides is 1. The van der Waals surface area contributed by atoms with Gasteiger partial charge in [-0.05, 0) is 19.9 Å². The summed E-state index contributed by atoms with van der Waals surface area (Å²) in [7, 11) is 0. The van der Waals surface area contributed by atoms with Gasteiger partial charge in [0.05, 0.1) is 6.20 Å². The van der Waals surface area contributed by atoms with Crippen LogP contribution in [0.1, 0.15) is 28.4 Å². The fraction of sp³-hybridized carbons (Fsp3) is 0.381. The highest BCUT2D eigenvalue weighted by molar-refractivity contribution is 5.92. The first-order chi connectivity index (χ1) is 14.2. The van der Waals surface area contributed by atoms with Crippen LogP contribution in [0.2, 0.25) is 0 Å². The molecule has 0 bridgehead atoms. The molecular formula is C21H24N6O2. The molecule has 0 unspecified atom stereocenters. The predicted octanol–water partition coefficient (Wildman–Crippen LogP) is 2.23. The number of aromatic nitrogens is 4. The molecule has 1 aromatic carbocycles. The van der Waals surface area contributed by atoms with Crippen LogP contribution in [-0.2, 0) is 6.42 Å². The van der Waals surface area contributed by atoms with Crippen molar-refractivity contribution < 1.29 is 9.32 Å². The van der Waals surface area contributed by atoms with Crippen molar-refractivity contribution in [1.82, 2.24) is 29.9 Å². The molecule has 8 heteroatoms. The lowest BCUT2D eigenvalue weighted by atomic mass is 10.1. The lowest BCUT2D eigenvalue weighted by Crippen LogP contribution is -2.49. The van der Waals surface area contributed by atoms with E-state index in [-0.39, 0.29) is 5.91 Å². The SMILES string of the molecule is Cc1ccc(-c2noc(CCCN3CCN(C(=O)c4cnccn4)CC3)n2)cc1. The van der Waals surface area contributed by atoms with Crippen LogP contribution in [0.5, 0.6) is 0 Å². The standard InChI is InChI=1S/C21H24N6O2/c1-16-4-6-17(7-5-16)20-24-19(29-25-20)3-2-10-26-11-13-27(14-12-26)21(28)18-15-22-8-9-23-18/h4-9,15H,2-3,10-14H2,1H3. The molecule has 1 fully saturated rings. The highest BCUT2D eigenvalue weighted by Crippen LogP contribution is 2.17. The van der Waals surface area contributed by atoms with E-state index in [0.29, 0.717) is 30.5 Å². The van der Waals surface area contributed by atoms with Gasteiger partial charge >= 0.3 is 0 Å². The Morgan fingerprint density at radius 1 is 1.10 bits per heavy atom. The van der Waals surface area contributed by atoms with Gasteiger partial charge in [0, 0.05) is 50.6 Å². The molecule has 1 saturated heterocycles. The smallest absolute Gasteiger partial charge is 0.274 e. The monoisotopic (exact) mass is 392 g/mol. The quantitative estimate of drug-likeness (QED) is 0.635. The van der Waals surface area contributed by atoms with E-state index in [2.05, 4.69) is 31.9 Å². The number of rotatable bonds is 6. The number of hydrogen-bond acceptors (Lipinski definition) is 7. The van der Waals surface area contributed by atoms with Gasteiger partial charge in [0.15, 0.2) is 0 Å². The molecule has 2 aromatic heterocycles. The number of aryl methyl sites for hydroxylation is 2. The van der Waals surface area contributed by atoms with Crippen LogP contribution in [0.15, 0.2) is 47.4 Å². The van der Waals surface area contributed by atoms with E-state index >= 15 is 0 Å². The van der Waals surface area contributed by atoms with Crippen molar-refractivity contribution in [3.05, 3.63) is 60.0 Å². The van der Waals surface area contributed by atoms with Gasteiger partial charge < -0.3 is 9.42 Å². The Morgan fingerprint density at radius 2 is 1.90 bits per heavy atom. The summed E-state index contributed by atoms with van der Waals surface area (Å²) in [5.41, 5.74) is 2.58. The van der Waals surface area contributed by atoms with Crippen molar-refractivity contribution in [2.24, 2.45) is 0 Å². The van der Waals surface area contributed by atoms with Crippen LogP contribution < -0.4 is 0 Å². The van der Waals surface area contributed by atoms with Crippen LogP contribution in [-0.4, -0.2) is 68.5 Å². The van der Waals surface area contributed by atoms with E-state index < -0.39 is 0 Å². The van der Waals surface area contributed by atoms with Crippen LogP contribution in [0.3, 0.4) is 0 Å². The first-order valence-corrected chi connectivity index (χ1v) is 9.86. The fourth-order valence-corrected chi connectivity index (χ4v) is 3.38. The topological polar surface area (TPSA) is 88.3 Å². The molecule has 1 amide bonds. The van der Waals surface area contributed by atoms with Crippen molar-refractivity contribution in [2.75, 3.05) is 32.7 Å². The maximum absolute atomic E-state index is 12.4. The molecule has 0 saturated carbocycles. The third kappa shape index (κ3) is 4.83. The first-order valence-electron chi connectivity index (χ1n) is 9.86. The van der Waals surface area contributed by atoms with E-state index in [1.807, 2.05) is 29.2 Å². The van der Waals surface area contributed by atoms with E-state index in [1.165, 1.54) is 11.8 Å². The molecular weight excluding hydrogens is 368 g/mol. The van der Waals surface area contributed by atoms with Gasteiger partial charge in [-0.1, -0.05) is 35.0 Å². The summed E-state index contributed by atoms with van der Waals surface area (Å²) in [4.78, 5) is 29.2. The lowest BCUT2D eigenvalue weighted by molar-refractivity contribution is 0.0629. The summed E-state index contributed by atoms with van der Waals surface area (Å²) < 4.78 is 5.39. The van der Waals surface area contributed by atoms with Crippen molar-refractivity contribution in [2.45, 2.75) is 19.8 Å². The highest BCUT2D eigenvalue weighted by atomic mass is 16.5. The Labute approximate surface area is 169 Å². The first kappa shape index (κ1) is 19.2. The molecule has 4 rings (SSSR count). The second-order valence-electron chi connectivity index (χ2n) is 7.21. The van der Waals surface area contributed by atoms with Gasteiger partial charge in [0.25, 0.3) is 5.91 Å². The number of carbonyl (C=O) groups excluding carboxylic acids is 1. The predicted molar refractivity (Wildman–Crippen MR) is 107 cm³/mol. The lowest BCUT2D eigenvalue weighted by Gasteiger charge is -2.34. The normalized spacial score (nSPS) is 14.9. The number of piperazine rings is 1. The molecule has 150 valence electrons. The van der Waals surface area contributed by atoms with Crippen molar-refractivity contribution in [3.8, 4) is 11.4 Å². The molecule has 1 aliphatic rings. The average molecular weight is 392 g/mol. The summed E-state index contributed by atoms with van der Waals surface area (Å²) in [6.45, 7) is 6.10. The van der Waals surface area contributed by atoms with E-state index in [0.717, 1.165) is 38.0 Å². The Morgan fingerprint density at radius 3 is 2.62 bits per heavy atom. The minimum absolute atomic E-state index is 0.0488. The molecule has 3 aromatic rings. The molecule has 0 radical (unpaired) electrons. The molecule has 1 aliphatic heterocycles. The summed E-state index contributed by atoms with van der Waals surface area (Å²) in [5.74, 6) is 1.25. The molecule has 0 N–H and O–H groups in total. The Balaban J connectivity index is 1.21. The Hall–Kier alpha value is -3.13. The van der Waals surface area contributed by atoms with Crippen molar-refractivity contribution in [1.29, 1.82) is 0 Å². The molecule has 8 nitrogen and oxygen atoms in total. The minimum atomic E-state index is -0.0488. The second-order valence-corrected chi connectivity index (χ2v) is 7.21. The number of hydrogen-bond donors (Lipinski definition) is 0.